The SMILES string of the molecule is NS(=O)(=O)c1cccc(Nc2c([N+](=O)[O-])cc(C(=O)O)c(Nc3ccc(I)cc3Cl)c2F)c1. The maximum atomic E-state index is 15.6. The van der Waals surface area contributed by atoms with Crippen molar-refractivity contribution >= 4 is 78.6 Å². The number of hydrogen-bond donors (Lipinski definition) is 4. The molecule has 0 radical (unpaired) electrons. The monoisotopic (exact) mass is 606 g/mol. The molecule has 10 nitrogen and oxygen atoms in total. The van der Waals surface area contributed by atoms with Gasteiger partial charge in [0, 0.05) is 15.3 Å². The second kappa shape index (κ2) is 9.46. The Bertz CT molecular complexity index is 1400. The number of rotatable bonds is 7. The minimum Gasteiger partial charge on any atom is -0.478 e. The molecule has 0 saturated heterocycles. The van der Waals surface area contributed by atoms with Gasteiger partial charge in [-0.3, -0.25) is 10.1 Å². The number of hydrogen-bond acceptors (Lipinski definition) is 7. The van der Waals surface area contributed by atoms with Gasteiger partial charge in [0.1, 0.15) is 0 Å². The Morgan fingerprint density at radius 2 is 1.85 bits per heavy atom. The molecule has 0 atom stereocenters. The van der Waals surface area contributed by atoms with Crippen molar-refractivity contribution < 1.29 is 27.6 Å². The molecule has 0 saturated carbocycles. The second-order valence-electron chi connectivity index (χ2n) is 6.52. The predicted octanol–water partition coefficient (Wildman–Crippen LogP) is 4.82. The normalized spacial score (nSPS) is 11.2. The van der Waals surface area contributed by atoms with Crippen LogP contribution in [0, 0.1) is 19.5 Å². The molecule has 0 aliphatic rings. The first kappa shape index (κ1) is 24.6. The van der Waals surface area contributed by atoms with E-state index < -0.39 is 49.4 Å². The number of anilines is 4. The van der Waals surface area contributed by atoms with Crippen LogP contribution in [0.2, 0.25) is 5.02 Å². The van der Waals surface area contributed by atoms with Crippen LogP contribution in [-0.4, -0.2) is 24.4 Å². The fourth-order valence-electron chi connectivity index (χ4n) is 2.81. The first-order valence-electron chi connectivity index (χ1n) is 8.74. The van der Waals surface area contributed by atoms with Gasteiger partial charge in [-0.05, 0) is 59.0 Å². The lowest BCUT2D eigenvalue weighted by atomic mass is 10.1. The highest BCUT2D eigenvalue weighted by atomic mass is 127. The van der Waals surface area contributed by atoms with Crippen molar-refractivity contribution in [1.29, 1.82) is 0 Å². The number of nitro groups is 1. The van der Waals surface area contributed by atoms with Crippen molar-refractivity contribution in [3.8, 4) is 0 Å². The number of nitro benzene ring substituents is 1. The van der Waals surface area contributed by atoms with E-state index in [0.717, 1.165) is 9.64 Å². The summed E-state index contributed by atoms with van der Waals surface area (Å²) in [5.41, 5.74) is -2.75. The number of primary sulfonamides is 1. The number of carboxylic acid groups (broad SMARTS) is 1. The molecule has 0 spiro atoms. The number of sulfonamides is 1. The molecule has 3 aromatic carbocycles. The van der Waals surface area contributed by atoms with Crippen LogP contribution in [0.3, 0.4) is 0 Å². The summed E-state index contributed by atoms with van der Waals surface area (Å²) in [4.78, 5) is 22.0. The van der Waals surface area contributed by atoms with Crippen LogP contribution in [0.5, 0.6) is 0 Å². The Morgan fingerprint density at radius 3 is 2.42 bits per heavy atom. The molecular weight excluding hydrogens is 594 g/mol. The van der Waals surface area contributed by atoms with Crippen LogP contribution in [0.25, 0.3) is 0 Å². The molecular formula is C19H13ClFIN4O6S. The van der Waals surface area contributed by atoms with Crippen LogP contribution >= 0.6 is 34.2 Å². The number of nitrogens with two attached hydrogens (primary N) is 1. The van der Waals surface area contributed by atoms with Crippen molar-refractivity contribution in [1.82, 2.24) is 0 Å². The van der Waals surface area contributed by atoms with Gasteiger partial charge in [0.2, 0.25) is 10.0 Å². The summed E-state index contributed by atoms with van der Waals surface area (Å²) in [6, 6.07) is 10.2. The molecule has 0 bridgehead atoms. The number of halogens is 3. The topological polar surface area (TPSA) is 165 Å². The molecule has 14 heteroatoms. The molecule has 5 N–H and O–H groups in total. The maximum Gasteiger partial charge on any atom is 0.338 e. The Hall–Kier alpha value is -3.01. The third-order valence-electron chi connectivity index (χ3n) is 4.30. The van der Waals surface area contributed by atoms with Crippen molar-refractivity contribution in [2.75, 3.05) is 10.6 Å². The molecule has 172 valence electrons. The molecule has 0 heterocycles. The van der Waals surface area contributed by atoms with Crippen LogP contribution in [0.15, 0.2) is 53.4 Å². The third-order valence-corrected chi connectivity index (χ3v) is 6.19. The van der Waals surface area contributed by atoms with E-state index in [0.29, 0.717) is 6.07 Å². The van der Waals surface area contributed by atoms with E-state index in [4.69, 9.17) is 16.7 Å². The van der Waals surface area contributed by atoms with Crippen molar-refractivity contribution in [3.05, 3.63) is 78.6 Å². The van der Waals surface area contributed by atoms with Gasteiger partial charge in [-0.15, -0.1) is 0 Å². The van der Waals surface area contributed by atoms with Gasteiger partial charge < -0.3 is 15.7 Å². The zero-order chi connectivity index (χ0) is 24.5. The minimum absolute atomic E-state index is 0.0372. The molecule has 3 rings (SSSR count). The standard InChI is InChI=1S/C19H13ClFIN4O6S/c20-13-6-9(22)4-5-14(13)25-17-12(19(27)28)8-15(26(29)30)18(16(17)21)24-10-2-1-3-11(7-10)33(23,31)32/h1-8,24-25H,(H,27,28)(H2,23,31,32). The van der Waals surface area contributed by atoms with Gasteiger partial charge in [0.05, 0.1) is 31.8 Å². The number of carbonyl (C=O) groups is 1. The maximum absolute atomic E-state index is 15.6. The largest absolute Gasteiger partial charge is 0.478 e. The smallest absolute Gasteiger partial charge is 0.338 e. The fourth-order valence-corrected chi connectivity index (χ4v) is 4.27. The van der Waals surface area contributed by atoms with Gasteiger partial charge in [0.25, 0.3) is 5.69 Å². The zero-order valence-electron chi connectivity index (χ0n) is 16.2. The van der Waals surface area contributed by atoms with Crippen molar-refractivity contribution in [2.45, 2.75) is 4.90 Å². The van der Waals surface area contributed by atoms with Crippen molar-refractivity contribution in [2.24, 2.45) is 5.14 Å². The molecule has 0 fully saturated rings. The number of aromatic carboxylic acids is 1. The Labute approximate surface area is 204 Å². The highest BCUT2D eigenvalue weighted by Gasteiger charge is 2.29. The van der Waals surface area contributed by atoms with Crippen LogP contribution in [0.1, 0.15) is 10.4 Å². The number of carboxylic acids is 1. The molecule has 33 heavy (non-hydrogen) atoms. The summed E-state index contributed by atoms with van der Waals surface area (Å²) in [6.07, 6.45) is 0. The number of nitrogens with one attached hydrogen (secondary N) is 2. The van der Waals surface area contributed by atoms with Gasteiger partial charge >= 0.3 is 5.97 Å². The lowest BCUT2D eigenvalue weighted by Gasteiger charge is -2.16. The molecule has 0 aromatic heterocycles. The summed E-state index contributed by atoms with van der Waals surface area (Å²) in [7, 11) is -4.10. The van der Waals surface area contributed by atoms with Crippen LogP contribution < -0.4 is 15.8 Å². The zero-order valence-corrected chi connectivity index (χ0v) is 19.9. The first-order valence-corrected chi connectivity index (χ1v) is 11.7. The summed E-state index contributed by atoms with van der Waals surface area (Å²) in [5, 5.41) is 31.4. The van der Waals surface area contributed by atoms with E-state index in [9.17, 15) is 28.4 Å². The number of benzene rings is 3. The third kappa shape index (κ3) is 5.50. The van der Waals surface area contributed by atoms with Crippen molar-refractivity contribution in [3.63, 3.8) is 0 Å². The lowest BCUT2D eigenvalue weighted by molar-refractivity contribution is -0.384. The Kier molecular flexibility index (Phi) is 7.06. The fraction of sp³-hybridized carbons (Fsp3) is 0. The van der Waals surface area contributed by atoms with Crippen LogP contribution in [-0.2, 0) is 10.0 Å². The highest BCUT2D eigenvalue weighted by molar-refractivity contribution is 14.1. The van der Waals surface area contributed by atoms with E-state index in [-0.39, 0.29) is 21.3 Å². The second-order valence-corrected chi connectivity index (χ2v) is 9.73. The molecule has 3 aromatic rings. The summed E-state index contributed by atoms with van der Waals surface area (Å²) in [5.74, 6) is -2.92. The quantitative estimate of drug-likeness (QED) is 0.169. The van der Waals surface area contributed by atoms with E-state index >= 15 is 4.39 Å². The summed E-state index contributed by atoms with van der Waals surface area (Å²) in [6.45, 7) is 0. The Balaban J connectivity index is 2.20. The van der Waals surface area contributed by atoms with Crippen LogP contribution in [0.4, 0.5) is 32.8 Å². The highest BCUT2D eigenvalue weighted by Crippen LogP contribution is 2.40. The van der Waals surface area contributed by atoms with E-state index in [1.54, 1.807) is 12.1 Å². The van der Waals surface area contributed by atoms with Gasteiger partial charge in [-0.2, -0.15) is 0 Å². The van der Waals surface area contributed by atoms with Gasteiger partial charge in [-0.1, -0.05) is 17.7 Å². The molecule has 0 aliphatic carbocycles. The average molecular weight is 607 g/mol. The molecule has 0 amide bonds. The minimum atomic E-state index is -4.10. The molecule has 0 aliphatic heterocycles. The molecule has 0 unspecified atom stereocenters. The average Bonchev–Trinajstić information content (AvgIpc) is 2.71. The number of nitrogens with zero attached hydrogens (tertiary/aromatic N) is 1. The van der Waals surface area contributed by atoms with Gasteiger partial charge in [0.15, 0.2) is 11.5 Å². The predicted molar refractivity (Wildman–Crippen MR) is 129 cm³/mol. The first-order chi connectivity index (χ1) is 15.4. The Morgan fingerprint density at radius 1 is 1.15 bits per heavy atom. The van der Waals surface area contributed by atoms with Gasteiger partial charge in [-0.25, -0.2) is 22.7 Å². The summed E-state index contributed by atoms with van der Waals surface area (Å²) < 4.78 is 39.5. The summed E-state index contributed by atoms with van der Waals surface area (Å²) >= 11 is 8.14. The van der Waals surface area contributed by atoms with E-state index in [1.165, 1.54) is 24.3 Å². The lowest BCUT2D eigenvalue weighted by Crippen LogP contribution is -2.13. The van der Waals surface area contributed by atoms with E-state index in [2.05, 4.69) is 10.6 Å². The van der Waals surface area contributed by atoms with E-state index in [1.807, 2.05) is 22.6 Å².